The summed E-state index contributed by atoms with van der Waals surface area (Å²) in [7, 11) is 0. The molecule has 2 nitrogen and oxygen atoms in total. The van der Waals surface area contributed by atoms with Gasteiger partial charge in [0, 0.05) is 6.04 Å². The summed E-state index contributed by atoms with van der Waals surface area (Å²) in [5, 5.41) is 0. The smallest absolute Gasteiger partial charge is 0.0241 e. The van der Waals surface area contributed by atoms with E-state index in [-0.39, 0.29) is 0 Å². The molecule has 3 N–H and O–H groups in total. The first-order valence-electron chi connectivity index (χ1n) is 7.73. The van der Waals surface area contributed by atoms with Crippen molar-refractivity contribution in [3.8, 4) is 0 Å². The molecule has 2 fully saturated rings. The molecule has 0 bridgehead atoms. The van der Waals surface area contributed by atoms with E-state index < -0.39 is 0 Å². The lowest BCUT2D eigenvalue weighted by atomic mass is 9.72. The highest BCUT2D eigenvalue weighted by Crippen LogP contribution is 2.37. The number of hydrogen-bond acceptors (Lipinski definition) is 3. The molecule has 0 radical (unpaired) electrons. The van der Waals surface area contributed by atoms with Crippen LogP contribution in [-0.2, 0) is 0 Å². The fourth-order valence-electron chi connectivity index (χ4n) is 4.08. The molecular formula is C15H30N2S. The Hall–Kier alpha value is 0.270. The molecule has 2 rings (SSSR count). The third-order valence-corrected chi connectivity index (χ3v) is 5.97. The molecule has 0 aromatic rings. The van der Waals surface area contributed by atoms with Crippen molar-refractivity contribution in [1.82, 2.24) is 5.43 Å². The van der Waals surface area contributed by atoms with Crippen LogP contribution < -0.4 is 11.3 Å². The summed E-state index contributed by atoms with van der Waals surface area (Å²) in [5.74, 6) is 12.1. The normalized spacial score (nSPS) is 36.5. The van der Waals surface area contributed by atoms with Gasteiger partial charge in [0.2, 0.25) is 0 Å². The molecule has 106 valence electrons. The maximum Gasteiger partial charge on any atom is 0.0241 e. The Bertz CT molecular complexity index is 231. The summed E-state index contributed by atoms with van der Waals surface area (Å²) in [6.45, 7) is 4.82. The SMILES string of the molecule is CC1CC(C)CC(C(CC2CCSCC2)NN)C1. The molecular weight excluding hydrogens is 240 g/mol. The van der Waals surface area contributed by atoms with E-state index in [1.54, 1.807) is 0 Å². The van der Waals surface area contributed by atoms with Crippen molar-refractivity contribution < 1.29 is 0 Å². The standard InChI is InChI=1S/C15H30N2S/c1-11-7-12(2)9-14(8-11)15(17-16)10-13-3-5-18-6-4-13/h11-15,17H,3-10,16H2,1-2H3. The van der Waals surface area contributed by atoms with Crippen molar-refractivity contribution in [1.29, 1.82) is 0 Å². The van der Waals surface area contributed by atoms with Crippen LogP contribution in [0.15, 0.2) is 0 Å². The van der Waals surface area contributed by atoms with Gasteiger partial charge in [-0.3, -0.25) is 11.3 Å². The van der Waals surface area contributed by atoms with E-state index in [1.165, 1.54) is 50.0 Å². The van der Waals surface area contributed by atoms with Crippen LogP contribution >= 0.6 is 11.8 Å². The summed E-state index contributed by atoms with van der Waals surface area (Å²) in [4.78, 5) is 0. The van der Waals surface area contributed by atoms with Gasteiger partial charge in [-0.25, -0.2) is 0 Å². The molecule has 0 amide bonds. The van der Waals surface area contributed by atoms with Gasteiger partial charge in [-0.1, -0.05) is 13.8 Å². The third kappa shape index (κ3) is 4.14. The van der Waals surface area contributed by atoms with Crippen LogP contribution in [0.25, 0.3) is 0 Å². The molecule has 1 aliphatic heterocycles. The van der Waals surface area contributed by atoms with Gasteiger partial charge in [0.25, 0.3) is 0 Å². The lowest BCUT2D eigenvalue weighted by Gasteiger charge is -2.38. The van der Waals surface area contributed by atoms with E-state index in [4.69, 9.17) is 5.84 Å². The van der Waals surface area contributed by atoms with Crippen molar-refractivity contribution in [3.05, 3.63) is 0 Å². The fraction of sp³-hybridized carbons (Fsp3) is 1.00. The van der Waals surface area contributed by atoms with Crippen LogP contribution in [0.4, 0.5) is 0 Å². The molecule has 3 unspecified atom stereocenters. The maximum atomic E-state index is 5.86. The molecule has 0 aromatic heterocycles. The van der Waals surface area contributed by atoms with E-state index in [1.807, 2.05) is 0 Å². The Kier molecular flexibility index (Phi) is 5.84. The lowest BCUT2D eigenvalue weighted by molar-refractivity contribution is 0.159. The summed E-state index contributed by atoms with van der Waals surface area (Å²) < 4.78 is 0. The minimum atomic E-state index is 0.559. The number of rotatable bonds is 4. The minimum Gasteiger partial charge on any atom is -0.271 e. The number of hydrazine groups is 1. The number of nitrogens with one attached hydrogen (secondary N) is 1. The van der Waals surface area contributed by atoms with Crippen molar-refractivity contribution in [2.75, 3.05) is 11.5 Å². The second-order valence-corrected chi connectivity index (χ2v) is 7.97. The first-order valence-corrected chi connectivity index (χ1v) is 8.88. The Balaban J connectivity index is 1.86. The molecule has 3 atom stereocenters. The first kappa shape index (κ1) is 14.7. The zero-order valence-electron chi connectivity index (χ0n) is 12.0. The third-order valence-electron chi connectivity index (χ3n) is 4.93. The number of thioether (sulfide) groups is 1. The van der Waals surface area contributed by atoms with Crippen LogP contribution in [0.3, 0.4) is 0 Å². The molecule has 1 aliphatic carbocycles. The highest BCUT2D eigenvalue weighted by molar-refractivity contribution is 7.99. The van der Waals surface area contributed by atoms with E-state index >= 15 is 0 Å². The van der Waals surface area contributed by atoms with Crippen molar-refractivity contribution in [3.63, 3.8) is 0 Å². The molecule has 1 saturated carbocycles. The van der Waals surface area contributed by atoms with Gasteiger partial charge in [0.1, 0.15) is 0 Å². The van der Waals surface area contributed by atoms with Gasteiger partial charge in [0.15, 0.2) is 0 Å². The lowest BCUT2D eigenvalue weighted by Crippen LogP contribution is -2.44. The molecule has 18 heavy (non-hydrogen) atoms. The zero-order valence-corrected chi connectivity index (χ0v) is 12.8. The average molecular weight is 270 g/mol. The Morgan fingerprint density at radius 1 is 1.11 bits per heavy atom. The second kappa shape index (κ2) is 7.16. The number of hydrogen-bond donors (Lipinski definition) is 2. The zero-order chi connectivity index (χ0) is 13.0. The van der Waals surface area contributed by atoms with Gasteiger partial charge < -0.3 is 0 Å². The minimum absolute atomic E-state index is 0.559. The summed E-state index contributed by atoms with van der Waals surface area (Å²) in [6.07, 6.45) is 8.28. The van der Waals surface area contributed by atoms with Crippen LogP contribution in [0, 0.1) is 23.7 Å². The van der Waals surface area contributed by atoms with E-state index in [0.29, 0.717) is 6.04 Å². The number of nitrogens with two attached hydrogens (primary N) is 1. The van der Waals surface area contributed by atoms with Gasteiger partial charge in [-0.2, -0.15) is 11.8 Å². The highest BCUT2D eigenvalue weighted by atomic mass is 32.2. The van der Waals surface area contributed by atoms with Gasteiger partial charge in [-0.15, -0.1) is 0 Å². The predicted molar refractivity (Wildman–Crippen MR) is 81.4 cm³/mol. The predicted octanol–water partition coefficient (Wildman–Crippen LogP) is 3.42. The fourth-order valence-corrected chi connectivity index (χ4v) is 5.28. The molecule has 2 aliphatic rings. The molecule has 1 heterocycles. The van der Waals surface area contributed by atoms with E-state index in [0.717, 1.165) is 23.7 Å². The largest absolute Gasteiger partial charge is 0.271 e. The van der Waals surface area contributed by atoms with Gasteiger partial charge >= 0.3 is 0 Å². The van der Waals surface area contributed by atoms with Gasteiger partial charge in [0.05, 0.1) is 0 Å². The van der Waals surface area contributed by atoms with Crippen LogP contribution in [0.2, 0.25) is 0 Å². The van der Waals surface area contributed by atoms with Crippen molar-refractivity contribution in [2.45, 2.75) is 58.4 Å². The molecule has 0 spiro atoms. The Morgan fingerprint density at radius 3 is 2.28 bits per heavy atom. The second-order valence-electron chi connectivity index (χ2n) is 6.74. The maximum absolute atomic E-state index is 5.86. The summed E-state index contributed by atoms with van der Waals surface area (Å²) >= 11 is 2.12. The van der Waals surface area contributed by atoms with E-state index in [9.17, 15) is 0 Å². The highest BCUT2D eigenvalue weighted by Gasteiger charge is 2.31. The van der Waals surface area contributed by atoms with E-state index in [2.05, 4.69) is 31.0 Å². The van der Waals surface area contributed by atoms with Gasteiger partial charge in [-0.05, 0) is 73.7 Å². The summed E-state index contributed by atoms with van der Waals surface area (Å²) in [5.41, 5.74) is 3.15. The van der Waals surface area contributed by atoms with Crippen LogP contribution in [0.5, 0.6) is 0 Å². The Labute approximate surface area is 117 Å². The van der Waals surface area contributed by atoms with Crippen LogP contribution in [0.1, 0.15) is 52.4 Å². The van der Waals surface area contributed by atoms with Crippen molar-refractivity contribution >= 4 is 11.8 Å². The average Bonchev–Trinajstić information content (AvgIpc) is 2.36. The van der Waals surface area contributed by atoms with Crippen LogP contribution in [-0.4, -0.2) is 17.5 Å². The monoisotopic (exact) mass is 270 g/mol. The topological polar surface area (TPSA) is 38.0 Å². The van der Waals surface area contributed by atoms with Crippen molar-refractivity contribution in [2.24, 2.45) is 29.5 Å². The Morgan fingerprint density at radius 2 is 1.72 bits per heavy atom. The molecule has 0 aromatic carbocycles. The molecule has 1 saturated heterocycles. The summed E-state index contributed by atoms with van der Waals surface area (Å²) in [6, 6.07) is 0.559. The molecule has 3 heteroatoms. The first-order chi connectivity index (χ1) is 8.69. The quantitative estimate of drug-likeness (QED) is 0.607.